The van der Waals surface area contributed by atoms with Gasteiger partial charge in [0.25, 0.3) is 0 Å². The second-order valence-electron chi connectivity index (χ2n) is 3.91. The molecule has 5 heteroatoms. The summed E-state index contributed by atoms with van der Waals surface area (Å²) in [6, 6.07) is 0. The van der Waals surface area contributed by atoms with Crippen molar-refractivity contribution in [1.29, 1.82) is 0 Å². The first-order valence-electron chi connectivity index (χ1n) is 4.88. The molecule has 1 aromatic heterocycles. The predicted molar refractivity (Wildman–Crippen MR) is 62.7 cm³/mol. The molecule has 15 heavy (non-hydrogen) atoms. The van der Waals surface area contributed by atoms with E-state index >= 15 is 0 Å². The van der Waals surface area contributed by atoms with Gasteiger partial charge in [-0.3, -0.25) is 9.48 Å². The van der Waals surface area contributed by atoms with E-state index < -0.39 is 5.41 Å². The van der Waals surface area contributed by atoms with E-state index in [2.05, 4.69) is 21.0 Å². The molecule has 0 spiro atoms. The van der Waals surface area contributed by atoms with Gasteiger partial charge in [-0.25, -0.2) is 0 Å². The van der Waals surface area contributed by atoms with Crippen LogP contribution in [0.1, 0.15) is 30.8 Å². The average Bonchev–Trinajstić information content (AvgIpc) is 2.56. The summed E-state index contributed by atoms with van der Waals surface area (Å²) in [6.45, 7) is 4.20. The highest BCUT2D eigenvalue weighted by molar-refractivity contribution is 9.10. The van der Waals surface area contributed by atoms with E-state index in [1.807, 2.05) is 13.8 Å². The fraction of sp³-hybridized carbons (Fsp3) is 0.600. The lowest BCUT2D eigenvalue weighted by molar-refractivity contribution is 0.0809. The van der Waals surface area contributed by atoms with Gasteiger partial charge in [0.1, 0.15) is 5.69 Å². The van der Waals surface area contributed by atoms with Crippen LogP contribution in [0.2, 0.25) is 0 Å². The Bertz CT molecular complexity index is 349. The monoisotopic (exact) mass is 273 g/mol. The van der Waals surface area contributed by atoms with Gasteiger partial charge in [0.2, 0.25) is 0 Å². The Balaban J connectivity index is 3.14. The van der Waals surface area contributed by atoms with Crippen molar-refractivity contribution in [2.75, 3.05) is 6.54 Å². The molecule has 0 saturated heterocycles. The van der Waals surface area contributed by atoms with Gasteiger partial charge in [-0.2, -0.15) is 5.10 Å². The smallest absolute Gasteiger partial charge is 0.189 e. The molecule has 0 aliphatic heterocycles. The van der Waals surface area contributed by atoms with Gasteiger partial charge in [-0.1, -0.05) is 13.8 Å². The summed E-state index contributed by atoms with van der Waals surface area (Å²) < 4.78 is 2.30. The summed E-state index contributed by atoms with van der Waals surface area (Å²) >= 11 is 3.32. The van der Waals surface area contributed by atoms with Crippen LogP contribution in [-0.2, 0) is 7.05 Å². The molecular weight excluding hydrogens is 258 g/mol. The third-order valence-electron chi connectivity index (χ3n) is 2.89. The summed E-state index contributed by atoms with van der Waals surface area (Å²) in [5, 5.41) is 4.03. The number of nitrogens with zero attached hydrogens (tertiary/aromatic N) is 2. The summed E-state index contributed by atoms with van der Waals surface area (Å²) in [4.78, 5) is 12.3. The van der Waals surface area contributed by atoms with Crippen molar-refractivity contribution in [2.45, 2.75) is 20.3 Å². The molecule has 0 aliphatic rings. The van der Waals surface area contributed by atoms with Crippen LogP contribution >= 0.6 is 15.9 Å². The first-order chi connectivity index (χ1) is 6.96. The van der Waals surface area contributed by atoms with E-state index in [4.69, 9.17) is 5.73 Å². The van der Waals surface area contributed by atoms with Crippen LogP contribution in [0.15, 0.2) is 10.7 Å². The Hall–Kier alpha value is -0.680. The minimum Gasteiger partial charge on any atom is -0.329 e. The second-order valence-corrected chi connectivity index (χ2v) is 4.77. The highest BCUT2D eigenvalue weighted by Crippen LogP contribution is 2.28. The van der Waals surface area contributed by atoms with E-state index in [0.717, 1.165) is 10.9 Å². The van der Waals surface area contributed by atoms with E-state index in [-0.39, 0.29) is 5.78 Å². The molecular formula is C10H16BrN3O. The molecule has 1 heterocycles. The molecule has 0 radical (unpaired) electrons. The van der Waals surface area contributed by atoms with Crippen LogP contribution in [0, 0.1) is 5.41 Å². The second kappa shape index (κ2) is 4.45. The number of aryl methyl sites for hydroxylation is 1. The van der Waals surface area contributed by atoms with Gasteiger partial charge in [0, 0.05) is 19.0 Å². The average molecular weight is 274 g/mol. The van der Waals surface area contributed by atoms with E-state index in [0.29, 0.717) is 12.2 Å². The third-order valence-corrected chi connectivity index (χ3v) is 3.47. The summed E-state index contributed by atoms with van der Waals surface area (Å²) in [7, 11) is 1.75. The van der Waals surface area contributed by atoms with E-state index in [1.165, 1.54) is 0 Å². The first kappa shape index (κ1) is 12.4. The molecule has 1 rings (SSSR count). The Labute approximate surface area is 98.0 Å². The molecule has 1 aromatic rings. The molecule has 0 aliphatic carbocycles. The number of aromatic nitrogens is 2. The summed E-state index contributed by atoms with van der Waals surface area (Å²) in [6.07, 6.45) is 2.35. The zero-order chi connectivity index (χ0) is 11.6. The molecule has 2 N–H and O–H groups in total. The summed E-state index contributed by atoms with van der Waals surface area (Å²) in [5.74, 6) is 0.0411. The topological polar surface area (TPSA) is 60.9 Å². The number of halogens is 1. The zero-order valence-corrected chi connectivity index (χ0v) is 10.8. The number of nitrogens with two attached hydrogens (primary N) is 1. The minimum absolute atomic E-state index is 0.0411. The number of carbonyl (C=O) groups excluding carboxylic acids is 1. The molecule has 0 fully saturated rings. The van der Waals surface area contributed by atoms with Crippen molar-refractivity contribution in [3.05, 3.63) is 16.4 Å². The number of hydrogen-bond acceptors (Lipinski definition) is 3. The summed E-state index contributed by atoms with van der Waals surface area (Å²) in [5.41, 5.74) is 5.74. The minimum atomic E-state index is -0.504. The van der Waals surface area contributed by atoms with Gasteiger partial charge in [0.15, 0.2) is 5.78 Å². The highest BCUT2D eigenvalue weighted by Gasteiger charge is 2.33. The molecule has 0 amide bonds. The number of hydrogen-bond donors (Lipinski definition) is 1. The SMILES string of the molecule is CCC(C)(CN)C(=O)c1c(Br)cnn1C. The lowest BCUT2D eigenvalue weighted by atomic mass is 9.81. The number of carbonyl (C=O) groups is 1. The van der Waals surface area contributed by atoms with Gasteiger partial charge in [0.05, 0.1) is 10.7 Å². The molecule has 0 aromatic carbocycles. The standard InChI is InChI=1S/C10H16BrN3O/c1-4-10(2,6-12)9(15)8-7(11)5-13-14(8)3/h5H,4,6,12H2,1-3H3. The van der Waals surface area contributed by atoms with Crippen LogP contribution in [-0.4, -0.2) is 22.1 Å². The Morgan fingerprint density at radius 1 is 1.73 bits per heavy atom. The van der Waals surface area contributed by atoms with Gasteiger partial charge < -0.3 is 5.73 Å². The van der Waals surface area contributed by atoms with Crippen molar-refractivity contribution >= 4 is 21.7 Å². The van der Waals surface area contributed by atoms with Crippen molar-refractivity contribution in [2.24, 2.45) is 18.2 Å². The zero-order valence-electron chi connectivity index (χ0n) is 9.25. The van der Waals surface area contributed by atoms with Gasteiger partial charge in [-0.15, -0.1) is 0 Å². The maximum absolute atomic E-state index is 12.3. The van der Waals surface area contributed by atoms with Crippen LogP contribution in [0.25, 0.3) is 0 Å². The van der Waals surface area contributed by atoms with Crippen molar-refractivity contribution in [3.8, 4) is 0 Å². The van der Waals surface area contributed by atoms with Crippen molar-refractivity contribution in [3.63, 3.8) is 0 Å². The van der Waals surface area contributed by atoms with Crippen molar-refractivity contribution < 1.29 is 4.79 Å². The maximum atomic E-state index is 12.3. The van der Waals surface area contributed by atoms with E-state index in [1.54, 1.807) is 17.9 Å². The highest BCUT2D eigenvalue weighted by atomic mass is 79.9. The molecule has 1 unspecified atom stereocenters. The third kappa shape index (κ3) is 2.13. The van der Waals surface area contributed by atoms with Gasteiger partial charge in [-0.05, 0) is 22.4 Å². The number of ketones is 1. The fourth-order valence-electron chi connectivity index (χ4n) is 1.35. The molecule has 84 valence electrons. The molecule has 1 atom stereocenters. The first-order valence-corrected chi connectivity index (χ1v) is 5.68. The maximum Gasteiger partial charge on any atom is 0.189 e. The van der Waals surface area contributed by atoms with Crippen LogP contribution in [0.4, 0.5) is 0 Å². The number of rotatable bonds is 4. The van der Waals surface area contributed by atoms with Crippen LogP contribution in [0.3, 0.4) is 0 Å². The largest absolute Gasteiger partial charge is 0.329 e. The van der Waals surface area contributed by atoms with Crippen LogP contribution < -0.4 is 5.73 Å². The van der Waals surface area contributed by atoms with E-state index in [9.17, 15) is 4.79 Å². The molecule has 0 bridgehead atoms. The number of Topliss-reactive ketones (excluding diaryl/α,β-unsaturated/α-hetero) is 1. The normalized spacial score (nSPS) is 15.0. The lowest BCUT2D eigenvalue weighted by Crippen LogP contribution is -2.36. The molecule has 0 saturated carbocycles. The Morgan fingerprint density at radius 2 is 2.33 bits per heavy atom. The van der Waals surface area contributed by atoms with Crippen LogP contribution in [0.5, 0.6) is 0 Å². The quantitative estimate of drug-likeness (QED) is 0.851. The molecule has 4 nitrogen and oxygen atoms in total. The Morgan fingerprint density at radius 3 is 2.67 bits per heavy atom. The Kier molecular flexibility index (Phi) is 3.67. The predicted octanol–water partition coefficient (Wildman–Crippen LogP) is 1.74. The van der Waals surface area contributed by atoms with Gasteiger partial charge >= 0.3 is 0 Å². The fourth-order valence-corrected chi connectivity index (χ4v) is 1.88. The van der Waals surface area contributed by atoms with Crippen molar-refractivity contribution in [1.82, 2.24) is 9.78 Å². The lowest BCUT2D eigenvalue weighted by Gasteiger charge is -2.24.